The predicted octanol–water partition coefficient (Wildman–Crippen LogP) is 2.67. The summed E-state index contributed by atoms with van der Waals surface area (Å²) in [5.41, 5.74) is 1.62. The van der Waals surface area contributed by atoms with Gasteiger partial charge in [-0.15, -0.1) is 11.8 Å². The molecule has 1 heterocycles. The van der Waals surface area contributed by atoms with Gasteiger partial charge in [0.15, 0.2) is 0 Å². The van der Waals surface area contributed by atoms with Gasteiger partial charge in [0.2, 0.25) is 0 Å². The molecule has 2 aromatic carbocycles. The summed E-state index contributed by atoms with van der Waals surface area (Å²) in [5.74, 6) is 3.05. The molecule has 0 saturated carbocycles. The minimum absolute atomic E-state index is 0.0536. The number of thioether (sulfide) groups is 1. The van der Waals surface area contributed by atoms with Crippen LogP contribution >= 0.6 is 11.8 Å². The third-order valence-electron chi connectivity index (χ3n) is 6.99. The normalized spacial score (nSPS) is 14.3. The zero-order valence-corrected chi connectivity index (χ0v) is 25.1. The lowest BCUT2D eigenvalue weighted by Crippen LogP contribution is -2.42. The number of aliphatic hydroxyl groups is 4. The Morgan fingerprint density at radius 1 is 1.07 bits per heavy atom. The molecule has 7 N–H and O–H groups in total. The summed E-state index contributed by atoms with van der Waals surface area (Å²) in [7, 11) is 0. The van der Waals surface area contributed by atoms with Gasteiger partial charge < -0.3 is 35.1 Å². The second kappa shape index (κ2) is 15.9. The van der Waals surface area contributed by atoms with Crippen LogP contribution in [0, 0.1) is 5.82 Å². The molecule has 0 aliphatic heterocycles. The van der Waals surface area contributed by atoms with Gasteiger partial charge in [-0.25, -0.2) is 9.37 Å². The van der Waals surface area contributed by atoms with Gasteiger partial charge in [-0.3, -0.25) is 9.59 Å². The average molecular weight is 619 g/mol. The SMILES string of the molecule is CSc1ccc(C(O)C(CO)NC(=O)c2nc(-c3ccc(F)cc3)n(CCC(O)CC(O)CC(=O)ON)c2C(C)C)cc1. The van der Waals surface area contributed by atoms with Crippen LogP contribution in [-0.4, -0.2) is 73.0 Å². The molecule has 0 bridgehead atoms. The highest BCUT2D eigenvalue weighted by Crippen LogP contribution is 2.30. The number of hydrogen-bond acceptors (Lipinski definition) is 10. The lowest BCUT2D eigenvalue weighted by Gasteiger charge is -2.23. The number of aliphatic hydroxyl groups excluding tert-OH is 4. The van der Waals surface area contributed by atoms with Crippen LogP contribution in [0.25, 0.3) is 11.4 Å². The number of carbonyl (C=O) groups is 2. The van der Waals surface area contributed by atoms with Crippen molar-refractivity contribution < 1.29 is 39.2 Å². The van der Waals surface area contributed by atoms with Crippen molar-refractivity contribution in [2.24, 2.45) is 5.90 Å². The van der Waals surface area contributed by atoms with Crippen molar-refractivity contribution in [1.29, 1.82) is 0 Å². The van der Waals surface area contributed by atoms with E-state index in [2.05, 4.69) is 15.1 Å². The highest BCUT2D eigenvalue weighted by molar-refractivity contribution is 7.98. The van der Waals surface area contributed by atoms with E-state index in [1.807, 2.05) is 32.2 Å². The molecule has 4 unspecified atom stereocenters. The van der Waals surface area contributed by atoms with E-state index in [-0.39, 0.29) is 37.4 Å². The number of carbonyl (C=O) groups excluding carboxylic acids is 2. The Kier molecular flexibility index (Phi) is 12.7. The third kappa shape index (κ3) is 9.08. The predicted molar refractivity (Wildman–Crippen MR) is 159 cm³/mol. The van der Waals surface area contributed by atoms with E-state index < -0.39 is 48.7 Å². The van der Waals surface area contributed by atoms with Crippen LogP contribution in [0.4, 0.5) is 4.39 Å². The highest BCUT2D eigenvalue weighted by Gasteiger charge is 2.29. The summed E-state index contributed by atoms with van der Waals surface area (Å²) < 4.78 is 15.5. The number of imidazole rings is 1. The van der Waals surface area contributed by atoms with Gasteiger partial charge in [0.05, 0.1) is 37.0 Å². The second-order valence-corrected chi connectivity index (χ2v) is 11.4. The van der Waals surface area contributed by atoms with E-state index in [1.165, 1.54) is 24.3 Å². The summed E-state index contributed by atoms with van der Waals surface area (Å²) in [6.45, 7) is 3.36. The van der Waals surface area contributed by atoms with Crippen molar-refractivity contribution in [3.05, 3.63) is 71.3 Å². The van der Waals surface area contributed by atoms with Gasteiger partial charge >= 0.3 is 5.97 Å². The first-order valence-electron chi connectivity index (χ1n) is 13.8. The Labute approximate surface area is 253 Å². The fourth-order valence-corrected chi connectivity index (χ4v) is 5.20. The zero-order valence-electron chi connectivity index (χ0n) is 24.3. The molecule has 3 rings (SSSR count). The van der Waals surface area contributed by atoms with Gasteiger partial charge in [0.1, 0.15) is 23.4 Å². The number of aromatic nitrogens is 2. The molecule has 1 aromatic heterocycles. The number of amides is 1. The topological polar surface area (TPSA) is 180 Å². The van der Waals surface area contributed by atoms with Crippen LogP contribution in [0.1, 0.15) is 66.9 Å². The van der Waals surface area contributed by atoms with Crippen LogP contribution in [0.15, 0.2) is 53.4 Å². The van der Waals surface area contributed by atoms with Crippen LogP contribution < -0.4 is 11.2 Å². The molecule has 0 saturated heterocycles. The quantitative estimate of drug-likeness (QED) is 0.110. The van der Waals surface area contributed by atoms with Crippen LogP contribution in [0.2, 0.25) is 0 Å². The van der Waals surface area contributed by atoms with Crippen molar-refractivity contribution in [2.45, 2.75) is 74.8 Å². The maximum absolute atomic E-state index is 13.7. The minimum Gasteiger partial charge on any atom is -0.394 e. The summed E-state index contributed by atoms with van der Waals surface area (Å²) in [6, 6.07) is 11.7. The smallest absolute Gasteiger partial charge is 0.327 e. The molecule has 11 nitrogen and oxygen atoms in total. The van der Waals surface area contributed by atoms with E-state index in [1.54, 1.807) is 28.5 Å². The Morgan fingerprint density at radius 3 is 2.28 bits per heavy atom. The average Bonchev–Trinajstić information content (AvgIpc) is 3.38. The second-order valence-electron chi connectivity index (χ2n) is 10.5. The molecule has 234 valence electrons. The Morgan fingerprint density at radius 2 is 1.72 bits per heavy atom. The number of halogens is 1. The lowest BCUT2D eigenvalue weighted by molar-refractivity contribution is -0.146. The van der Waals surface area contributed by atoms with Crippen LogP contribution in [0.3, 0.4) is 0 Å². The maximum Gasteiger partial charge on any atom is 0.327 e. The first-order chi connectivity index (χ1) is 20.5. The van der Waals surface area contributed by atoms with Crippen molar-refractivity contribution in [3.63, 3.8) is 0 Å². The van der Waals surface area contributed by atoms with E-state index in [9.17, 15) is 34.4 Å². The number of nitrogens with one attached hydrogen (secondary N) is 1. The summed E-state index contributed by atoms with van der Waals surface area (Å²) in [5, 5.41) is 44.4. The molecule has 0 fully saturated rings. The first-order valence-corrected chi connectivity index (χ1v) is 15.1. The fraction of sp³-hybridized carbons (Fsp3) is 0.433. The summed E-state index contributed by atoms with van der Waals surface area (Å²) in [6.07, 6.45) is -1.82. The molecule has 0 aliphatic carbocycles. The molecule has 43 heavy (non-hydrogen) atoms. The monoisotopic (exact) mass is 618 g/mol. The number of rotatable bonds is 15. The Hall–Kier alpha value is -3.33. The highest BCUT2D eigenvalue weighted by atomic mass is 32.2. The number of benzene rings is 2. The lowest BCUT2D eigenvalue weighted by atomic mass is 10.0. The van der Waals surface area contributed by atoms with Gasteiger partial charge in [0.25, 0.3) is 5.91 Å². The molecule has 0 spiro atoms. The van der Waals surface area contributed by atoms with Crippen LogP contribution in [-0.2, 0) is 16.2 Å². The molecule has 0 aliphatic rings. The zero-order chi connectivity index (χ0) is 31.7. The van der Waals surface area contributed by atoms with Crippen LogP contribution in [0.5, 0.6) is 0 Å². The van der Waals surface area contributed by atoms with Gasteiger partial charge in [-0.2, -0.15) is 5.90 Å². The molecular weight excluding hydrogens is 579 g/mol. The molecule has 1 amide bonds. The van der Waals surface area contributed by atoms with Gasteiger partial charge in [-0.1, -0.05) is 26.0 Å². The fourth-order valence-electron chi connectivity index (χ4n) is 4.79. The van der Waals surface area contributed by atoms with E-state index >= 15 is 0 Å². The summed E-state index contributed by atoms with van der Waals surface area (Å²) >= 11 is 1.55. The Balaban J connectivity index is 1.92. The number of hydrogen-bond donors (Lipinski definition) is 6. The van der Waals surface area contributed by atoms with Crippen molar-refractivity contribution >= 4 is 23.6 Å². The molecular formula is C30H39FN4O7S. The Bertz CT molecular complexity index is 1350. The van der Waals surface area contributed by atoms with Crippen molar-refractivity contribution in [2.75, 3.05) is 12.9 Å². The first kappa shape index (κ1) is 34.2. The molecule has 3 aromatic rings. The van der Waals surface area contributed by atoms with Gasteiger partial charge in [0, 0.05) is 17.0 Å². The third-order valence-corrected chi connectivity index (χ3v) is 7.73. The standard InChI is InChI=1S/C30H39FN4O7S/c1-17(2)27-26(30(41)33-24(16-36)28(40)18-6-10-23(43-3)11-7-18)34-29(19-4-8-20(31)9-5-19)35(27)13-12-21(37)14-22(38)15-25(39)42-32/h4-11,17,21-22,24,28,36-38,40H,12-16,32H2,1-3H3,(H,33,41). The summed E-state index contributed by atoms with van der Waals surface area (Å²) in [4.78, 5) is 34.7. The number of nitrogens with zero attached hydrogens (tertiary/aromatic N) is 2. The number of nitrogens with two attached hydrogens (primary N) is 1. The molecule has 0 radical (unpaired) electrons. The largest absolute Gasteiger partial charge is 0.394 e. The van der Waals surface area contributed by atoms with E-state index in [0.29, 0.717) is 22.6 Å². The molecule has 4 atom stereocenters. The van der Waals surface area contributed by atoms with Crippen molar-refractivity contribution in [3.8, 4) is 11.4 Å². The minimum atomic E-state index is -1.19. The van der Waals surface area contributed by atoms with Gasteiger partial charge in [-0.05, 0) is 67.0 Å². The van der Waals surface area contributed by atoms with Crippen molar-refractivity contribution in [1.82, 2.24) is 14.9 Å². The van der Waals surface area contributed by atoms with E-state index in [4.69, 9.17) is 5.90 Å². The molecule has 13 heteroatoms. The van der Waals surface area contributed by atoms with E-state index in [0.717, 1.165) is 4.90 Å². The maximum atomic E-state index is 13.7.